The van der Waals surface area contributed by atoms with Crippen LogP contribution in [0, 0.1) is 6.92 Å². The van der Waals surface area contributed by atoms with Gasteiger partial charge in [0.1, 0.15) is 0 Å². The molecule has 90 valence electrons. The molecule has 17 heavy (non-hydrogen) atoms. The van der Waals surface area contributed by atoms with Crippen molar-refractivity contribution in [2.45, 2.75) is 26.6 Å². The van der Waals surface area contributed by atoms with Crippen molar-refractivity contribution in [2.24, 2.45) is 0 Å². The number of aromatic amines is 1. The van der Waals surface area contributed by atoms with Gasteiger partial charge in [0.2, 0.25) is 0 Å². The summed E-state index contributed by atoms with van der Waals surface area (Å²) in [6.07, 6.45) is 1.84. The largest absolute Gasteiger partial charge is 0.392 e. The minimum atomic E-state index is 0.0991. The number of H-pyrrole nitrogens is 1. The van der Waals surface area contributed by atoms with Gasteiger partial charge in [-0.15, -0.1) is 0 Å². The van der Waals surface area contributed by atoms with Crippen LogP contribution < -0.4 is 5.32 Å². The second-order valence-electron chi connectivity index (χ2n) is 4.10. The normalized spacial score (nSPS) is 10.7. The van der Waals surface area contributed by atoms with Crippen molar-refractivity contribution >= 4 is 0 Å². The van der Waals surface area contributed by atoms with Crippen molar-refractivity contribution in [3.8, 4) is 0 Å². The zero-order chi connectivity index (χ0) is 12.1. The number of hydrogen-bond donors (Lipinski definition) is 3. The lowest BCUT2D eigenvalue weighted by molar-refractivity contribution is 0.282. The summed E-state index contributed by atoms with van der Waals surface area (Å²) in [5.74, 6) is 0. The fourth-order valence-corrected chi connectivity index (χ4v) is 1.66. The first kappa shape index (κ1) is 11.8. The molecule has 0 saturated heterocycles. The molecule has 1 heterocycles. The minimum Gasteiger partial charge on any atom is -0.392 e. The Labute approximate surface area is 101 Å². The Kier molecular flexibility index (Phi) is 3.90. The van der Waals surface area contributed by atoms with Crippen molar-refractivity contribution in [1.29, 1.82) is 0 Å². The highest BCUT2D eigenvalue weighted by atomic mass is 16.3. The second kappa shape index (κ2) is 5.61. The summed E-state index contributed by atoms with van der Waals surface area (Å²) in [6.45, 7) is 3.74. The van der Waals surface area contributed by atoms with Crippen LogP contribution in [0.15, 0.2) is 30.5 Å². The zero-order valence-electron chi connectivity index (χ0n) is 9.90. The maximum atomic E-state index is 8.93. The van der Waals surface area contributed by atoms with Gasteiger partial charge in [0.05, 0.1) is 12.8 Å². The number of aliphatic hydroxyl groups excluding tert-OH is 1. The number of benzene rings is 1. The highest BCUT2D eigenvalue weighted by Gasteiger charge is 1.99. The SMILES string of the molecule is Cc1[nH]ncc1CNCc1ccc(CO)cc1. The summed E-state index contributed by atoms with van der Waals surface area (Å²) in [7, 11) is 0. The van der Waals surface area contributed by atoms with Gasteiger partial charge in [0, 0.05) is 24.3 Å². The van der Waals surface area contributed by atoms with Crippen molar-refractivity contribution in [1.82, 2.24) is 15.5 Å². The molecule has 0 amide bonds. The number of hydrogen-bond acceptors (Lipinski definition) is 3. The molecule has 1 aromatic carbocycles. The van der Waals surface area contributed by atoms with Gasteiger partial charge < -0.3 is 10.4 Å². The number of aromatic nitrogens is 2. The summed E-state index contributed by atoms with van der Waals surface area (Å²) >= 11 is 0. The van der Waals surface area contributed by atoms with Crippen LogP contribution in [0.3, 0.4) is 0 Å². The number of rotatable bonds is 5. The van der Waals surface area contributed by atoms with E-state index in [1.807, 2.05) is 37.4 Å². The van der Waals surface area contributed by atoms with E-state index in [4.69, 9.17) is 5.11 Å². The molecule has 0 fully saturated rings. The first-order valence-electron chi connectivity index (χ1n) is 5.68. The lowest BCUT2D eigenvalue weighted by Gasteiger charge is -2.05. The van der Waals surface area contributed by atoms with Gasteiger partial charge >= 0.3 is 0 Å². The number of aliphatic hydroxyl groups is 1. The van der Waals surface area contributed by atoms with Crippen LogP contribution in [0.2, 0.25) is 0 Å². The number of aryl methyl sites for hydroxylation is 1. The average Bonchev–Trinajstić information content (AvgIpc) is 2.76. The van der Waals surface area contributed by atoms with Gasteiger partial charge in [0.15, 0.2) is 0 Å². The van der Waals surface area contributed by atoms with Crippen LogP contribution in [-0.2, 0) is 19.7 Å². The minimum absolute atomic E-state index is 0.0991. The van der Waals surface area contributed by atoms with Crippen LogP contribution >= 0.6 is 0 Å². The molecule has 0 aliphatic carbocycles. The fourth-order valence-electron chi connectivity index (χ4n) is 1.66. The van der Waals surface area contributed by atoms with Crippen LogP contribution in [0.4, 0.5) is 0 Å². The van der Waals surface area contributed by atoms with Crippen molar-refractivity contribution in [3.63, 3.8) is 0 Å². The van der Waals surface area contributed by atoms with E-state index in [0.717, 1.165) is 24.3 Å². The average molecular weight is 231 g/mol. The molecule has 4 heteroatoms. The molecule has 0 radical (unpaired) electrons. The van der Waals surface area contributed by atoms with E-state index in [9.17, 15) is 0 Å². The molecule has 4 nitrogen and oxygen atoms in total. The van der Waals surface area contributed by atoms with Crippen molar-refractivity contribution < 1.29 is 5.11 Å². The van der Waals surface area contributed by atoms with Crippen molar-refractivity contribution in [3.05, 3.63) is 52.8 Å². The highest BCUT2D eigenvalue weighted by molar-refractivity contribution is 5.22. The van der Waals surface area contributed by atoms with Gasteiger partial charge in [-0.1, -0.05) is 24.3 Å². The van der Waals surface area contributed by atoms with E-state index >= 15 is 0 Å². The lowest BCUT2D eigenvalue weighted by atomic mass is 10.1. The number of nitrogens with one attached hydrogen (secondary N) is 2. The van der Waals surface area contributed by atoms with E-state index in [2.05, 4.69) is 15.5 Å². The molecule has 0 unspecified atom stereocenters. The standard InChI is InChI=1S/C13H17N3O/c1-10-13(8-15-16-10)7-14-6-11-2-4-12(9-17)5-3-11/h2-5,8,14,17H,6-7,9H2,1H3,(H,15,16). The summed E-state index contributed by atoms with van der Waals surface area (Å²) in [5.41, 5.74) is 4.45. The van der Waals surface area contributed by atoms with Gasteiger partial charge in [-0.25, -0.2) is 0 Å². The molecule has 2 rings (SSSR count). The molecule has 2 aromatic rings. The molecule has 3 N–H and O–H groups in total. The monoisotopic (exact) mass is 231 g/mol. The van der Waals surface area contributed by atoms with E-state index in [0.29, 0.717) is 0 Å². The molecule has 0 atom stereocenters. The van der Waals surface area contributed by atoms with Gasteiger partial charge in [-0.05, 0) is 18.1 Å². The third kappa shape index (κ3) is 3.15. The summed E-state index contributed by atoms with van der Waals surface area (Å²) in [4.78, 5) is 0. The zero-order valence-corrected chi connectivity index (χ0v) is 9.90. The topological polar surface area (TPSA) is 60.9 Å². The lowest BCUT2D eigenvalue weighted by Crippen LogP contribution is -2.12. The molecule has 0 bridgehead atoms. The van der Waals surface area contributed by atoms with E-state index in [1.54, 1.807) is 0 Å². The van der Waals surface area contributed by atoms with Gasteiger partial charge in [0.25, 0.3) is 0 Å². The predicted molar refractivity (Wildman–Crippen MR) is 66.2 cm³/mol. The number of nitrogens with zero attached hydrogens (tertiary/aromatic N) is 1. The Morgan fingerprint density at radius 2 is 1.88 bits per heavy atom. The first-order chi connectivity index (χ1) is 8.29. The summed E-state index contributed by atoms with van der Waals surface area (Å²) in [5, 5.41) is 19.2. The third-order valence-electron chi connectivity index (χ3n) is 2.78. The van der Waals surface area contributed by atoms with Gasteiger partial charge in [-0.2, -0.15) is 5.10 Å². The first-order valence-corrected chi connectivity index (χ1v) is 5.68. The Balaban J connectivity index is 1.83. The van der Waals surface area contributed by atoms with Crippen LogP contribution in [0.5, 0.6) is 0 Å². The molecular weight excluding hydrogens is 214 g/mol. The Morgan fingerprint density at radius 1 is 1.18 bits per heavy atom. The second-order valence-corrected chi connectivity index (χ2v) is 4.10. The van der Waals surface area contributed by atoms with E-state index < -0.39 is 0 Å². The third-order valence-corrected chi connectivity index (χ3v) is 2.78. The van der Waals surface area contributed by atoms with E-state index in [1.165, 1.54) is 11.1 Å². The van der Waals surface area contributed by atoms with Gasteiger partial charge in [-0.3, -0.25) is 5.10 Å². The van der Waals surface area contributed by atoms with E-state index in [-0.39, 0.29) is 6.61 Å². The quantitative estimate of drug-likeness (QED) is 0.731. The molecular formula is C13H17N3O. The Hall–Kier alpha value is -1.65. The highest BCUT2D eigenvalue weighted by Crippen LogP contribution is 2.05. The maximum absolute atomic E-state index is 8.93. The van der Waals surface area contributed by atoms with Crippen LogP contribution in [0.25, 0.3) is 0 Å². The van der Waals surface area contributed by atoms with Crippen molar-refractivity contribution in [2.75, 3.05) is 0 Å². The van der Waals surface area contributed by atoms with Crippen LogP contribution in [-0.4, -0.2) is 15.3 Å². The van der Waals surface area contributed by atoms with Crippen LogP contribution in [0.1, 0.15) is 22.4 Å². The Morgan fingerprint density at radius 3 is 2.47 bits per heavy atom. The Bertz CT molecular complexity index is 462. The molecule has 0 spiro atoms. The molecule has 0 aliphatic rings. The fraction of sp³-hybridized carbons (Fsp3) is 0.308. The molecule has 1 aromatic heterocycles. The molecule has 0 aliphatic heterocycles. The summed E-state index contributed by atoms with van der Waals surface area (Å²) in [6, 6.07) is 7.95. The summed E-state index contributed by atoms with van der Waals surface area (Å²) < 4.78 is 0. The smallest absolute Gasteiger partial charge is 0.0681 e. The molecule has 0 saturated carbocycles. The predicted octanol–water partition coefficient (Wildman–Crippen LogP) is 1.50. The maximum Gasteiger partial charge on any atom is 0.0681 e.